The van der Waals surface area contributed by atoms with E-state index in [2.05, 4.69) is 9.13 Å². The van der Waals surface area contributed by atoms with E-state index in [9.17, 15) is 13.2 Å². The van der Waals surface area contributed by atoms with Crippen molar-refractivity contribution in [3.05, 3.63) is 29.8 Å². The highest BCUT2D eigenvalue weighted by molar-refractivity contribution is 7.90. The highest BCUT2D eigenvalue weighted by Gasteiger charge is 2.14. The van der Waals surface area contributed by atoms with Gasteiger partial charge in [-0.25, -0.2) is 4.79 Å². The molecule has 0 aromatic heterocycles. The van der Waals surface area contributed by atoms with Crippen molar-refractivity contribution in [3.63, 3.8) is 0 Å². The fraction of sp³-hybridized carbons (Fsp3) is 0.385. The number of nitrogens with zero attached hydrogens (tertiary/aromatic N) is 1. The lowest BCUT2D eigenvalue weighted by atomic mass is 10.2. The summed E-state index contributed by atoms with van der Waals surface area (Å²) >= 11 is 0. The number of rotatable bonds is 5. The van der Waals surface area contributed by atoms with Crippen molar-refractivity contribution < 1.29 is 22.7 Å². The van der Waals surface area contributed by atoms with Crippen LogP contribution in [0.2, 0.25) is 0 Å². The predicted octanol–water partition coefficient (Wildman–Crippen LogP) is 1.68. The number of ether oxygens (including phenoxy) is 2. The van der Waals surface area contributed by atoms with Gasteiger partial charge in [0.25, 0.3) is 10.0 Å². The van der Waals surface area contributed by atoms with Gasteiger partial charge in [-0.05, 0) is 26.0 Å². The van der Waals surface area contributed by atoms with Crippen LogP contribution < -0.4 is 0 Å². The maximum absolute atomic E-state index is 11.9. The Labute approximate surface area is 118 Å². The average molecular weight is 299 g/mol. The summed E-state index contributed by atoms with van der Waals surface area (Å²) in [5.41, 5.74) is 0.947. The van der Waals surface area contributed by atoms with Crippen molar-refractivity contribution in [2.45, 2.75) is 25.7 Å². The zero-order chi connectivity index (χ0) is 15.2. The van der Waals surface area contributed by atoms with Crippen molar-refractivity contribution in [2.24, 2.45) is 4.40 Å². The molecule has 20 heavy (non-hydrogen) atoms. The van der Waals surface area contributed by atoms with Crippen LogP contribution in [0.4, 0.5) is 0 Å². The Bertz CT molecular complexity index is 590. The number of carbonyl (C=O) groups excluding carboxylic acids is 1. The minimum Gasteiger partial charge on any atom is -0.468 e. The van der Waals surface area contributed by atoms with Crippen LogP contribution in [0.15, 0.2) is 33.6 Å². The number of hydrogen-bond donors (Lipinski definition) is 0. The minimum atomic E-state index is -3.83. The number of esters is 1. The molecule has 0 unspecified atom stereocenters. The highest BCUT2D eigenvalue weighted by atomic mass is 32.2. The smallest absolute Gasteiger partial charge is 0.344 e. The third-order valence-corrected chi connectivity index (χ3v) is 3.64. The Hall–Kier alpha value is -1.89. The average Bonchev–Trinajstić information content (AvgIpc) is 2.37. The van der Waals surface area contributed by atoms with Gasteiger partial charge in [-0.3, -0.25) is 0 Å². The summed E-state index contributed by atoms with van der Waals surface area (Å²) in [6.45, 7) is 4.76. The lowest BCUT2D eigenvalue weighted by molar-refractivity contribution is -0.145. The molecule has 110 valence electrons. The second kappa shape index (κ2) is 7.04. The maximum atomic E-state index is 11.9. The van der Waals surface area contributed by atoms with Gasteiger partial charge in [0.15, 0.2) is 12.5 Å². The molecule has 1 aromatic rings. The number of carbonyl (C=O) groups is 1. The highest BCUT2D eigenvalue weighted by Crippen LogP contribution is 2.13. The normalized spacial score (nSPS) is 12.1. The number of sulfonamides is 1. The molecule has 0 aliphatic carbocycles. The molecule has 0 aliphatic heterocycles. The van der Waals surface area contributed by atoms with Gasteiger partial charge in [-0.1, -0.05) is 17.7 Å². The largest absolute Gasteiger partial charge is 0.468 e. The molecule has 0 saturated heterocycles. The molecule has 0 saturated carbocycles. The van der Waals surface area contributed by atoms with Crippen molar-refractivity contribution >= 4 is 21.9 Å². The predicted molar refractivity (Wildman–Crippen MR) is 74.1 cm³/mol. The van der Waals surface area contributed by atoms with Crippen molar-refractivity contribution in [1.82, 2.24) is 0 Å². The monoisotopic (exact) mass is 299 g/mol. The zero-order valence-corrected chi connectivity index (χ0v) is 12.4. The molecule has 0 heterocycles. The van der Waals surface area contributed by atoms with Gasteiger partial charge in [0.1, 0.15) is 0 Å². The Balaban J connectivity index is 2.75. The van der Waals surface area contributed by atoms with Crippen LogP contribution in [0, 0.1) is 6.92 Å². The first-order chi connectivity index (χ1) is 9.35. The van der Waals surface area contributed by atoms with Crippen LogP contribution in [0.5, 0.6) is 0 Å². The summed E-state index contributed by atoms with van der Waals surface area (Å²) in [5, 5.41) is 0. The van der Waals surface area contributed by atoms with E-state index < -0.39 is 16.0 Å². The van der Waals surface area contributed by atoms with Crippen molar-refractivity contribution in [3.8, 4) is 0 Å². The minimum absolute atomic E-state index is 0.0715. The molecule has 1 rings (SSSR count). The summed E-state index contributed by atoms with van der Waals surface area (Å²) < 4.78 is 37.0. The molecule has 6 nitrogen and oxygen atoms in total. The standard InChI is InChI=1S/C13H17NO5S/c1-4-18-13(15)9-19-11(3)14-20(16,17)12-7-5-10(2)6-8-12/h5-8H,4,9H2,1-3H3/b14-11+. The van der Waals surface area contributed by atoms with Crippen molar-refractivity contribution in [2.75, 3.05) is 13.2 Å². The van der Waals surface area contributed by atoms with E-state index in [1.54, 1.807) is 19.1 Å². The van der Waals surface area contributed by atoms with Gasteiger partial charge >= 0.3 is 5.97 Å². The summed E-state index contributed by atoms with van der Waals surface area (Å²) in [4.78, 5) is 11.1. The second-order valence-electron chi connectivity index (χ2n) is 3.99. The number of aryl methyl sites for hydroxylation is 1. The first kappa shape index (κ1) is 16.2. The zero-order valence-electron chi connectivity index (χ0n) is 11.6. The Morgan fingerprint density at radius 1 is 1.20 bits per heavy atom. The van der Waals surface area contributed by atoms with Crippen LogP contribution in [0.1, 0.15) is 19.4 Å². The third-order valence-electron chi connectivity index (χ3n) is 2.27. The Kier molecular flexibility index (Phi) is 5.69. The first-order valence-corrected chi connectivity index (χ1v) is 7.46. The lowest BCUT2D eigenvalue weighted by Gasteiger charge is -2.05. The lowest BCUT2D eigenvalue weighted by Crippen LogP contribution is -2.15. The summed E-state index contributed by atoms with van der Waals surface area (Å²) in [5.74, 6) is -0.687. The second-order valence-corrected chi connectivity index (χ2v) is 5.60. The molecule has 0 atom stereocenters. The SMILES string of the molecule is CCOC(=O)CO/C(C)=N/S(=O)(=O)c1ccc(C)cc1. The Morgan fingerprint density at radius 2 is 1.80 bits per heavy atom. The fourth-order valence-corrected chi connectivity index (χ4v) is 2.30. The third kappa shape index (κ3) is 5.00. The van der Waals surface area contributed by atoms with Crippen LogP contribution >= 0.6 is 0 Å². The van der Waals surface area contributed by atoms with E-state index in [-0.39, 0.29) is 24.0 Å². The van der Waals surface area contributed by atoms with E-state index in [0.29, 0.717) is 0 Å². The van der Waals surface area contributed by atoms with Crippen molar-refractivity contribution in [1.29, 1.82) is 0 Å². The summed E-state index contributed by atoms with van der Waals surface area (Å²) in [7, 11) is -3.83. The topological polar surface area (TPSA) is 82.0 Å². The van der Waals surface area contributed by atoms with Crippen LogP contribution in [-0.4, -0.2) is 33.5 Å². The molecule has 0 aliphatic rings. The molecule has 1 aromatic carbocycles. The summed E-state index contributed by atoms with van der Waals surface area (Å²) in [6, 6.07) is 6.29. The van der Waals surface area contributed by atoms with Crippen LogP contribution in [0.25, 0.3) is 0 Å². The first-order valence-electron chi connectivity index (χ1n) is 6.02. The van der Waals surface area contributed by atoms with E-state index in [1.165, 1.54) is 19.1 Å². The molecule has 7 heteroatoms. The van der Waals surface area contributed by atoms with E-state index in [0.717, 1.165) is 5.56 Å². The number of benzene rings is 1. The van der Waals surface area contributed by atoms with Gasteiger partial charge in [-0.2, -0.15) is 8.42 Å². The number of hydrogen-bond acceptors (Lipinski definition) is 5. The molecule has 0 N–H and O–H groups in total. The van der Waals surface area contributed by atoms with Gasteiger partial charge in [0.05, 0.1) is 11.5 Å². The molecule has 0 bridgehead atoms. The molecule has 0 fully saturated rings. The van der Waals surface area contributed by atoms with E-state index in [1.807, 2.05) is 6.92 Å². The summed E-state index contributed by atoms with van der Waals surface area (Å²) in [6.07, 6.45) is 0. The fourth-order valence-electron chi connectivity index (χ4n) is 1.32. The van der Waals surface area contributed by atoms with Crippen LogP contribution in [0.3, 0.4) is 0 Å². The molecular weight excluding hydrogens is 282 g/mol. The molecule has 0 radical (unpaired) electrons. The van der Waals surface area contributed by atoms with Crippen LogP contribution in [-0.2, 0) is 24.3 Å². The molecule has 0 spiro atoms. The van der Waals surface area contributed by atoms with Gasteiger partial charge in [0, 0.05) is 6.92 Å². The van der Waals surface area contributed by atoms with Gasteiger partial charge < -0.3 is 9.47 Å². The van der Waals surface area contributed by atoms with Gasteiger partial charge in [-0.15, -0.1) is 4.40 Å². The molecular formula is C13H17NO5S. The van der Waals surface area contributed by atoms with E-state index >= 15 is 0 Å². The van der Waals surface area contributed by atoms with E-state index in [4.69, 9.17) is 4.74 Å². The van der Waals surface area contributed by atoms with Gasteiger partial charge in [0.2, 0.25) is 0 Å². The molecule has 0 amide bonds. The Morgan fingerprint density at radius 3 is 2.35 bits per heavy atom. The maximum Gasteiger partial charge on any atom is 0.344 e. The quantitative estimate of drug-likeness (QED) is 0.469.